The first kappa shape index (κ1) is 19.1. The quantitative estimate of drug-likeness (QED) is 0.718. The average molecular weight is 392 g/mol. The van der Waals surface area contributed by atoms with Crippen molar-refractivity contribution in [2.45, 2.75) is 52.7 Å². The average Bonchev–Trinajstić information content (AvgIpc) is 3.13. The van der Waals surface area contributed by atoms with E-state index >= 15 is 0 Å². The third-order valence-electron chi connectivity index (χ3n) is 4.65. The molecule has 2 heterocycles. The van der Waals surface area contributed by atoms with E-state index in [2.05, 4.69) is 28.4 Å². The third kappa shape index (κ3) is 4.15. The molecule has 0 unspecified atom stereocenters. The maximum Gasteiger partial charge on any atom is 0.322 e. The van der Waals surface area contributed by atoms with Crippen LogP contribution < -0.4 is 10.2 Å². The molecular formula is C20H26ClN3OS. The molecule has 6 heteroatoms. The lowest BCUT2D eigenvalue weighted by Gasteiger charge is -2.30. The zero-order chi connectivity index (χ0) is 18.8. The van der Waals surface area contributed by atoms with Crippen LogP contribution in [0.15, 0.2) is 30.3 Å². The molecule has 2 aromatic rings. The van der Waals surface area contributed by atoms with Gasteiger partial charge in [0.15, 0.2) is 0 Å². The molecule has 4 nitrogen and oxygen atoms in total. The number of urea groups is 1. The summed E-state index contributed by atoms with van der Waals surface area (Å²) in [6.45, 7) is 10.0. The number of hydrogen-bond donors (Lipinski definition) is 1. The second kappa shape index (κ2) is 7.89. The minimum atomic E-state index is -0.0435. The van der Waals surface area contributed by atoms with Gasteiger partial charge in [0, 0.05) is 34.9 Å². The van der Waals surface area contributed by atoms with E-state index in [0.29, 0.717) is 0 Å². The molecule has 140 valence electrons. The molecule has 0 spiro atoms. The number of thiophene rings is 1. The molecule has 3 rings (SSSR count). The van der Waals surface area contributed by atoms with Crippen molar-refractivity contribution < 1.29 is 4.79 Å². The Morgan fingerprint density at radius 3 is 2.58 bits per heavy atom. The van der Waals surface area contributed by atoms with Gasteiger partial charge in [0.1, 0.15) is 0 Å². The summed E-state index contributed by atoms with van der Waals surface area (Å²) in [5.74, 6) is 0. The first-order chi connectivity index (χ1) is 12.3. The molecule has 26 heavy (non-hydrogen) atoms. The number of nitrogens with zero attached hydrogens (tertiary/aromatic N) is 2. The van der Waals surface area contributed by atoms with Gasteiger partial charge >= 0.3 is 6.03 Å². The molecule has 2 amide bonds. The van der Waals surface area contributed by atoms with Crippen molar-refractivity contribution in [3.63, 3.8) is 0 Å². The summed E-state index contributed by atoms with van der Waals surface area (Å²) in [7, 11) is 0. The van der Waals surface area contributed by atoms with Crippen LogP contribution in [-0.2, 0) is 13.0 Å². The highest BCUT2D eigenvalue weighted by molar-refractivity contribution is 7.16. The maximum absolute atomic E-state index is 12.6. The van der Waals surface area contributed by atoms with E-state index in [-0.39, 0.29) is 18.1 Å². The smallest absolute Gasteiger partial charge is 0.322 e. The Bertz CT molecular complexity index is 779. The number of amides is 2. The number of fused-ring (bicyclic) bond motifs is 1. The molecule has 0 atom stereocenters. The van der Waals surface area contributed by atoms with Crippen LogP contribution in [0, 0.1) is 0 Å². The van der Waals surface area contributed by atoms with Crippen LogP contribution in [0.1, 0.15) is 38.1 Å². The number of hydrogen-bond acceptors (Lipinski definition) is 3. The van der Waals surface area contributed by atoms with E-state index in [1.54, 1.807) is 11.3 Å². The molecule has 0 fully saturated rings. The van der Waals surface area contributed by atoms with Crippen LogP contribution in [0.3, 0.4) is 0 Å². The summed E-state index contributed by atoms with van der Waals surface area (Å²) in [5, 5.41) is 3.06. The Labute approximate surface area is 164 Å². The Morgan fingerprint density at radius 2 is 1.96 bits per heavy atom. The lowest BCUT2D eigenvalue weighted by molar-refractivity contribution is 0.178. The number of carbonyl (C=O) groups is 1. The second-order valence-corrected chi connectivity index (χ2v) is 9.05. The Morgan fingerprint density at radius 1 is 1.23 bits per heavy atom. The van der Waals surface area contributed by atoms with Crippen LogP contribution in [0.2, 0.25) is 4.34 Å². The van der Waals surface area contributed by atoms with Gasteiger partial charge in [0.05, 0.1) is 10.9 Å². The first-order valence-corrected chi connectivity index (χ1v) is 10.3. The number of benzene rings is 1. The fourth-order valence-electron chi connectivity index (χ4n) is 3.59. The van der Waals surface area contributed by atoms with E-state index in [4.69, 9.17) is 11.6 Å². The van der Waals surface area contributed by atoms with Gasteiger partial charge < -0.3 is 15.1 Å². The summed E-state index contributed by atoms with van der Waals surface area (Å²) in [4.78, 5) is 18.1. The highest BCUT2D eigenvalue weighted by Gasteiger charge is 2.23. The second-order valence-electron chi connectivity index (χ2n) is 7.25. The monoisotopic (exact) mass is 391 g/mol. The number of halogens is 1. The fraction of sp³-hybridized carbons (Fsp3) is 0.450. The van der Waals surface area contributed by atoms with Gasteiger partial charge in [-0.05, 0) is 70.0 Å². The van der Waals surface area contributed by atoms with E-state index < -0.39 is 0 Å². The minimum Gasteiger partial charge on any atom is -0.366 e. The zero-order valence-corrected chi connectivity index (χ0v) is 17.3. The van der Waals surface area contributed by atoms with Gasteiger partial charge in [-0.2, -0.15) is 0 Å². The third-order valence-corrected chi connectivity index (χ3v) is 5.86. The van der Waals surface area contributed by atoms with Gasteiger partial charge in [-0.1, -0.05) is 11.6 Å². The molecule has 1 aliphatic rings. The number of nitrogens with one attached hydrogen (secondary N) is 1. The Hall–Kier alpha value is -1.72. The molecule has 0 aliphatic carbocycles. The van der Waals surface area contributed by atoms with Crippen molar-refractivity contribution in [2.75, 3.05) is 16.8 Å². The lowest BCUT2D eigenvalue weighted by atomic mass is 10.1. The highest BCUT2D eigenvalue weighted by Crippen LogP contribution is 2.33. The molecule has 0 saturated heterocycles. The largest absolute Gasteiger partial charge is 0.366 e. The summed E-state index contributed by atoms with van der Waals surface area (Å²) in [6.07, 6.45) is 0.996. The standard InChI is InChI=1S/C20H26ClN3OS/c1-13(2)24(14(3)4)20(25)22-16-5-7-18-15(11-16)9-10-23(18)12-17-6-8-19(21)26-17/h5-8,11,13-14H,9-10,12H2,1-4H3,(H,22,25). The maximum atomic E-state index is 12.6. The number of rotatable bonds is 5. The summed E-state index contributed by atoms with van der Waals surface area (Å²) < 4.78 is 0.831. The summed E-state index contributed by atoms with van der Waals surface area (Å²) in [5.41, 5.74) is 3.39. The number of carbonyl (C=O) groups excluding carboxylic acids is 1. The van der Waals surface area contributed by atoms with E-state index in [1.807, 2.05) is 44.7 Å². The predicted molar refractivity (Wildman–Crippen MR) is 112 cm³/mol. The van der Waals surface area contributed by atoms with Crippen LogP contribution in [0.25, 0.3) is 0 Å². The van der Waals surface area contributed by atoms with Gasteiger partial charge in [0.25, 0.3) is 0 Å². The molecule has 0 radical (unpaired) electrons. The van der Waals surface area contributed by atoms with Crippen molar-refractivity contribution in [3.8, 4) is 0 Å². The van der Waals surface area contributed by atoms with Crippen LogP contribution in [0.5, 0.6) is 0 Å². The Kier molecular flexibility index (Phi) is 5.78. The van der Waals surface area contributed by atoms with Gasteiger partial charge in [-0.25, -0.2) is 4.79 Å². The first-order valence-electron chi connectivity index (χ1n) is 9.06. The molecule has 1 aliphatic heterocycles. The van der Waals surface area contributed by atoms with Crippen molar-refractivity contribution in [1.82, 2.24) is 4.90 Å². The van der Waals surface area contributed by atoms with Gasteiger partial charge in [-0.15, -0.1) is 11.3 Å². The molecule has 0 saturated carbocycles. The molecule has 0 bridgehead atoms. The van der Waals surface area contributed by atoms with Crippen molar-refractivity contribution >= 4 is 40.3 Å². The van der Waals surface area contributed by atoms with Crippen LogP contribution >= 0.6 is 22.9 Å². The van der Waals surface area contributed by atoms with Crippen LogP contribution in [-0.4, -0.2) is 29.6 Å². The molecule has 1 aromatic carbocycles. The SMILES string of the molecule is CC(C)N(C(=O)Nc1ccc2c(c1)CCN2Cc1ccc(Cl)s1)C(C)C. The van der Waals surface area contributed by atoms with E-state index in [9.17, 15) is 4.79 Å². The molecule has 1 aromatic heterocycles. The van der Waals surface area contributed by atoms with E-state index in [1.165, 1.54) is 16.1 Å². The highest BCUT2D eigenvalue weighted by atomic mass is 35.5. The summed E-state index contributed by atoms with van der Waals surface area (Å²) in [6, 6.07) is 10.5. The fourth-order valence-corrected chi connectivity index (χ4v) is 4.69. The van der Waals surface area contributed by atoms with Gasteiger partial charge in [-0.3, -0.25) is 0 Å². The van der Waals surface area contributed by atoms with E-state index in [0.717, 1.165) is 29.5 Å². The number of anilines is 2. The predicted octanol–water partition coefficient (Wildman–Crippen LogP) is 5.61. The van der Waals surface area contributed by atoms with Crippen LogP contribution in [0.4, 0.5) is 16.2 Å². The van der Waals surface area contributed by atoms with Crippen molar-refractivity contribution in [3.05, 3.63) is 45.1 Å². The Balaban J connectivity index is 1.71. The summed E-state index contributed by atoms with van der Waals surface area (Å²) >= 11 is 7.67. The van der Waals surface area contributed by atoms with Crippen molar-refractivity contribution in [1.29, 1.82) is 0 Å². The lowest BCUT2D eigenvalue weighted by Crippen LogP contribution is -2.44. The molecular weight excluding hydrogens is 366 g/mol. The topological polar surface area (TPSA) is 35.6 Å². The van der Waals surface area contributed by atoms with Gasteiger partial charge in [0.2, 0.25) is 0 Å². The molecule has 1 N–H and O–H groups in total. The zero-order valence-electron chi connectivity index (χ0n) is 15.8. The van der Waals surface area contributed by atoms with Crippen molar-refractivity contribution in [2.24, 2.45) is 0 Å². The minimum absolute atomic E-state index is 0.0435. The normalized spacial score (nSPS) is 13.4.